The predicted molar refractivity (Wildman–Crippen MR) is 135 cm³/mol. The first-order valence-electron chi connectivity index (χ1n) is 13.2. The van der Waals surface area contributed by atoms with Gasteiger partial charge in [0.1, 0.15) is 18.3 Å². The Balaban J connectivity index is 1.18. The summed E-state index contributed by atoms with van der Waals surface area (Å²) in [5.41, 5.74) is 5.64. The van der Waals surface area contributed by atoms with Crippen molar-refractivity contribution in [1.29, 1.82) is 0 Å². The number of nitrogens with zero attached hydrogens (tertiary/aromatic N) is 6. The minimum absolute atomic E-state index is 0.0229. The van der Waals surface area contributed by atoms with Gasteiger partial charge in [0, 0.05) is 66.9 Å². The second-order valence-electron chi connectivity index (χ2n) is 11.2. The molecule has 1 saturated carbocycles. The van der Waals surface area contributed by atoms with E-state index >= 15 is 0 Å². The summed E-state index contributed by atoms with van der Waals surface area (Å²) in [5.74, 6) is 1.37. The van der Waals surface area contributed by atoms with Crippen LogP contribution in [0.4, 0.5) is 10.1 Å². The maximum absolute atomic E-state index is 13.8. The monoisotopic (exact) mass is 502 g/mol. The Hall–Kier alpha value is -3.17. The van der Waals surface area contributed by atoms with Crippen LogP contribution in [-0.4, -0.2) is 63.0 Å². The second kappa shape index (κ2) is 8.70. The number of anilines is 1. The van der Waals surface area contributed by atoms with E-state index in [0.717, 1.165) is 65.4 Å². The van der Waals surface area contributed by atoms with Crippen LogP contribution < -0.4 is 4.90 Å². The minimum Gasteiger partial charge on any atom is -0.379 e. The van der Waals surface area contributed by atoms with Gasteiger partial charge in [-0.1, -0.05) is 12.1 Å². The summed E-state index contributed by atoms with van der Waals surface area (Å²) in [7, 11) is 1.96. The second-order valence-corrected chi connectivity index (χ2v) is 11.2. The number of carbonyl (C=O) groups excluding carboxylic acids is 1. The molecule has 8 nitrogen and oxygen atoms in total. The van der Waals surface area contributed by atoms with Gasteiger partial charge in [-0.15, -0.1) is 10.2 Å². The molecule has 0 N–H and O–H groups in total. The van der Waals surface area contributed by atoms with Crippen molar-refractivity contribution in [3.05, 3.63) is 70.6 Å². The molecule has 1 amide bonds. The first-order valence-corrected chi connectivity index (χ1v) is 13.2. The number of ether oxygens (including phenoxy) is 1. The van der Waals surface area contributed by atoms with Crippen LogP contribution in [0.1, 0.15) is 63.9 Å². The highest BCUT2D eigenvalue weighted by atomic mass is 19.1. The third kappa shape index (κ3) is 4.05. The fourth-order valence-electron chi connectivity index (χ4n) is 6.01. The number of aromatic nitrogens is 4. The number of likely N-dealkylation sites (tertiary alicyclic amines) is 1. The number of alkyl halides is 1. The molecule has 7 rings (SSSR count). The summed E-state index contributed by atoms with van der Waals surface area (Å²) in [6, 6.07) is 10.3. The highest BCUT2D eigenvalue weighted by molar-refractivity contribution is 6.10. The summed E-state index contributed by atoms with van der Waals surface area (Å²) in [5, 5.41) is 8.32. The van der Waals surface area contributed by atoms with E-state index in [4.69, 9.17) is 9.72 Å². The maximum atomic E-state index is 13.8. The SMILES string of the molecule is Cn1cnnc1CC1(c2cccc(N3Cc4c(cc(CN5CCC(F)C5)nc4C4CC4)C3=O)c2)COC1. The molecule has 2 aromatic heterocycles. The van der Waals surface area contributed by atoms with Gasteiger partial charge in [0.25, 0.3) is 5.91 Å². The zero-order valence-corrected chi connectivity index (χ0v) is 21.1. The van der Waals surface area contributed by atoms with Gasteiger partial charge in [0.2, 0.25) is 0 Å². The van der Waals surface area contributed by atoms with Gasteiger partial charge in [-0.3, -0.25) is 14.7 Å². The zero-order chi connectivity index (χ0) is 25.1. The van der Waals surface area contributed by atoms with E-state index in [0.29, 0.717) is 45.2 Å². The number of carbonyl (C=O) groups is 1. The molecule has 0 radical (unpaired) electrons. The van der Waals surface area contributed by atoms with Gasteiger partial charge < -0.3 is 14.2 Å². The maximum Gasteiger partial charge on any atom is 0.259 e. The highest BCUT2D eigenvalue weighted by Crippen LogP contribution is 2.44. The van der Waals surface area contributed by atoms with Crippen LogP contribution in [0.2, 0.25) is 0 Å². The molecule has 3 aromatic rings. The van der Waals surface area contributed by atoms with Crippen molar-refractivity contribution >= 4 is 11.6 Å². The Labute approximate surface area is 215 Å². The molecule has 192 valence electrons. The molecule has 1 aromatic carbocycles. The summed E-state index contributed by atoms with van der Waals surface area (Å²) in [4.78, 5) is 22.8. The fourth-order valence-corrected chi connectivity index (χ4v) is 6.01. The third-order valence-corrected chi connectivity index (χ3v) is 8.39. The lowest BCUT2D eigenvalue weighted by Gasteiger charge is -2.42. The smallest absolute Gasteiger partial charge is 0.259 e. The quantitative estimate of drug-likeness (QED) is 0.494. The molecule has 1 unspecified atom stereocenters. The van der Waals surface area contributed by atoms with E-state index in [-0.39, 0.29) is 11.3 Å². The molecule has 4 aliphatic rings. The van der Waals surface area contributed by atoms with Crippen molar-refractivity contribution in [2.24, 2.45) is 7.05 Å². The largest absolute Gasteiger partial charge is 0.379 e. The van der Waals surface area contributed by atoms with Gasteiger partial charge in [0.15, 0.2) is 0 Å². The number of amides is 1. The van der Waals surface area contributed by atoms with Crippen molar-refractivity contribution in [2.75, 3.05) is 31.2 Å². The van der Waals surface area contributed by atoms with Crippen LogP contribution in [0.25, 0.3) is 0 Å². The number of hydrogen-bond acceptors (Lipinski definition) is 6. The van der Waals surface area contributed by atoms with Crippen molar-refractivity contribution in [1.82, 2.24) is 24.6 Å². The van der Waals surface area contributed by atoms with Gasteiger partial charge in [-0.2, -0.15) is 0 Å². The van der Waals surface area contributed by atoms with Crippen LogP contribution >= 0.6 is 0 Å². The van der Waals surface area contributed by atoms with Crippen LogP contribution in [-0.2, 0) is 36.7 Å². The third-order valence-electron chi connectivity index (χ3n) is 8.39. The molecule has 3 aliphatic heterocycles. The zero-order valence-electron chi connectivity index (χ0n) is 21.1. The van der Waals surface area contributed by atoms with Crippen molar-refractivity contribution < 1.29 is 13.9 Å². The molecular weight excluding hydrogens is 471 g/mol. The first-order chi connectivity index (χ1) is 18.0. The molecule has 9 heteroatoms. The van der Waals surface area contributed by atoms with Gasteiger partial charge >= 0.3 is 0 Å². The molecule has 0 bridgehead atoms. The lowest BCUT2D eigenvalue weighted by molar-refractivity contribution is -0.0611. The molecule has 0 spiro atoms. The molecule has 37 heavy (non-hydrogen) atoms. The summed E-state index contributed by atoms with van der Waals surface area (Å²) in [6.45, 7) is 3.57. The van der Waals surface area contributed by atoms with Crippen molar-refractivity contribution in [3.63, 3.8) is 0 Å². The Kier molecular flexibility index (Phi) is 5.40. The Morgan fingerprint density at radius 2 is 2.05 bits per heavy atom. The Morgan fingerprint density at radius 1 is 1.19 bits per heavy atom. The minimum atomic E-state index is -0.764. The van der Waals surface area contributed by atoms with E-state index in [2.05, 4.69) is 27.2 Å². The number of fused-ring (bicyclic) bond motifs is 1. The van der Waals surface area contributed by atoms with E-state index in [9.17, 15) is 9.18 Å². The highest BCUT2D eigenvalue weighted by Gasteiger charge is 2.43. The average Bonchev–Trinajstić information content (AvgIpc) is 3.40. The average molecular weight is 503 g/mol. The van der Waals surface area contributed by atoms with Crippen LogP contribution in [0, 0.1) is 0 Å². The van der Waals surface area contributed by atoms with Crippen LogP contribution in [0.15, 0.2) is 36.7 Å². The van der Waals surface area contributed by atoms with Gasteiger partial charge in [-0.25, -0.2) is 4.39 Å². The topological polar surface area (TPSA) is 76.4 Å². The van der Waals surface area contributed by atoms with Crippen molar-refractivity contribution in [3.8, 4) is 0 Å². The van der Waals surface area contributed by atoms with Gasteiger partial charge in [-0.05, 0) is 43.0 Å². The standard InChI is InChI=1S/C28H31FN6O2/c1-33-17-30-32-25(33)11-28(15-37-16-28)19-3-2-4-22(9-19)35-14-24-23(27(35)36)10-21(31-26(24)18-5-6-18)13-34-8-7-20(29)12-34/h2-4,9-10,17-18,20H,5-8,11-16H2,1H3. The lowest BCUT2D eigenvalue weighted by atomic mass is 9.75. The summed E-state index contributed by atoms with van der Waals surface area (Å²) >= 11 is 0. The van der Waals surface area contributed by atoms with Crippen LogP contribution in [0.3, 0.4) is 0 Å². The van der Waals surface area contributed by atoms with E-state index in [1.165, 1.54) is 0 Å². The molecular formula is C28H31FN6O2. The number of pyridine rings is 1. The predicted octanol–water partition coefficient (Wildman–Crippen LogP) is 3.30. The normalized spacial score (nSPS) is 22.9. The number of rotatable bonds is 7. The van der Waals surface area contributed by atoms with Crippen LogP contribution in [0.5, 0.6) is 0 Å². The van der Waals surface area contributed by atoms with Crippen molar-refractivity contribution in [2.45, 2.75) is 56.3 Å². The number of benzene rings is 1. The Morgan fingerprint density at radius 3 is 2.73 bits per heavy atom. The first kappa shape index (κ1) is 23.0. The fraction of sp³-hybridized carbons (Fsp3) is 0.500. The van der Waals surface area contributed by atoms with Gasteiger partial charge in [0.05, 0.1) is 25.5 Å². The van der Waals surface area contributed by atoms with E-state index in [1.54, 1.807) is 6.33 Å². The molecule has 1 atom stereocenters. The number of aryl methyl sites for hydroxylation is 1. The molecule has 2 saturated heterocycles. The number of hydrogen-bond donors (Lipinski definition) is 0. The Bertz CT molecular complexity index is 1360. The molecule has 3 fully saturated rings. The molecule has 1 aliphatic carbocycles. The lowest BCUT2D eigenvalue weighted by Crippen LogP contribution is -2.49. The summed E-state index contributed by atoms with van der Waals surface area (Å²) in [6.07, 6.45) is 4.50. The molecule has 5 heterocycles. The van der Waals surface area contributed by atoms with E-state index in [1.807, 2.05) is 34.7 Å². The van der Waals surface area contributed by atoms with E-state index < -0.39 is 6.17 Å². The summed E-state index contributed by atoms with van der Waals surface area (Å²) < 4.78 is 21.4. The number of halogens is 1.